The highest BCUT2D eigenvalue weighted by Gasteiger charge is 2.06. The minimum Gasteiger partial charge on any atom is -0.494 e. The van der Waals surface area contributed by atoms with Crippen LogP contribution in [0.4, 0.5) is 5.69 Å². The molecule has 0 aliphatic rings. The van der Waals surface area contributed by atoms with Crippen molar-refractivity contribution in [1.82, 2.24) is 10.4 Å². The summed E-state index contributed by atoms with van der Waals surface area (Å²) in [6.45, 7) is 5.11. The van der Waals surface area contributed by atoms with E-state index in [2.05, 4.69) is 24.4 Å². The maximum atomic E-state index is 5.79. The maximum Gasteiger partial charge on any atom is 0.173 e. The zero-order valence-electron chi connectivity index (χ0n) is 19.0. The van der Waals surface area contributed by atoms with Gasteiger partial charge >= 0.3 is 0 Å². The van der Waals surface area contributed by atoms with Gasteiger partial charge in [-0.15, -0.1) is 0 Å². The number of pyridine rings is 1. The largest absolute Gasteiger partial charge is 0.494 e. The number of ether oxygens (including phenoxy) is 1. The van der Waals surface area contributed by atoms with E-state index in [1.807, 2.05) is 91.0 Å². The first-order chi connectivity index (χ1) is 16.2. The van der Waals surface area contributed by atoms with Crippen molar-refractivity contribution in [3.05, 3.63) is 102 Å². The van der Waals surface area contributed by atoms with Crippen molar-refractivity contribution >= 4 is 28.6 Å². The van der Waals surface area contributed by atoms with Crippen LogP contribution < -0.4 is 10.2 Å². The van der Waals surface area contributed by atoms with Crippen LogP contribution in [-0.4, -0.2) is 23.6 Å². The second-order valence-corrected chi connectivity index (χ2v) is 8.16. The van der Waals surface area contributed by atoms with Crippen molar-refractivity contribution in [3.63, 3.8) is 0 Å². The highest BCUT2D eigenvalue weighted by atomic mass is 16.5. The van der Waals surface area contributed by atoms with Crippen LogP contribution in [0.1, 0.15) is 31.5 Å². The Morgan fingerprint density at radius 2 is 1.67 bits per heavy atom. The quantitative estimate of drug-likeness (QED) is 0.199. The van der Waals surface area contributed by atoms with Gasteiger partial charge in [0.05, 0.1) is 24.0 Å². The van der Waals surface area contributed by atoms with E-state index in [1.54, 1.807) is 6.21 Å². The number of aliphatic imine (C=N–C) groups is 1. The first kappa shape index (κ1) is 22.2. The Balaban J connectivity index is 1.51. The molecule has 0 spiro atoms. The minimum atomic E-state index is 0.580. The first-order valence-electron chi connectivity index (χ1n) is 11.2. The van der Waals surface area contributed by atoms with Crippen molar-refractivity contribution < 1.29 is 4.74 Å². The summed E-state index contributed by atoms with van der Waals surface area (Å²) in [6.07, 6.45) is 2.80. The molecule has 3 aromatic carbocycles. The topological polar surface area (TPSA) is 58.9 Å². The molecule has 0 aliphatic heterocycles. The van der Waals surface area contributed by atoms with Crippen LogP contribution in [0.5, 0.6) is 5.75 Å². The number of hydrogen-bond acceptors (Lipinski definition) is 4. The van der Waals surface area contributed by atoms with E-state index < -0.39 is 0 Å². The van der Waals surface area contributed by atoms with Crippen LogP contribution in [0.3, 0.4) is 0 Å². The highest BCUT2D eigenvalue weighted by Crippen LogP contribution is 2.16. The van der Waals surface area contributed by atoms with Gasteiger partial charge in [0.15, 0.2) is 5.84 Å². The average Bonchev–Trinajstić information content (AvgIpc) is 2.84. The minimum absolute atomic E-state index is 0.580. The molecule has 0 unspecified atom stereocenters. The van der Waals surface area contributed by atoms with E-state index in [0.717, 1.165) is 46.6 Å². The van der Waals surface area contributed by atoms with Gasteiger partial charge in [0.25, 0.3) is 0 Å². The number of rotatable bonds is 8. The third-order valence-corrected chi connectivity index (χ3v) is 5.07. The molecule has 1 heterocycles. The molecular formula is C28H28N4O. The van der Waals surface area contributed by atoms with Gasteiger partial charge in [-0.1, -0.05) is 56.3 Å². The van der Waals surface area contributed by atoms with E-state index in [4.69, 9.17) is 14.7 Å². The molecule has 5 nitrogen and oxygen atoms in total. The summed E-state index contributed by atoms with van der Waals surface area (Å²) in [5, 5.41) is 5.51. The lowest BCUT2D eigenvalue weighted by atomic mass is 10.1. The lowest BCUT2D eigenvalue weighted by molar-refractivity contribution is 0.289. The molecule has 1 N–H and O–H groups in total. The van der Waals surface area contributed by atoms with E-state index in [0.29, 0.717) is 11.8 Å². The Kier molecular flexibility index (Phi) is 7.44. The maximum absolute atomic E-state index is 5.79. The normalized spacial score (nSPS) is 11.9. The molecule has 166 valence electrons. The molecule has 5 heteroatoms. The number of para-hydroxylation sites is 2. The van der Waals surface area contributed by atoms with Gasteiger partial charge in [-0.3, -0.25) is 5.43 Å². The predicted octanol–water partition coefficient (Wildman–Crippen LogP) is 6.36. The Bertz CT molecular complexity index is 1230. The number of benzene rings is 3. The first-order valence-corrected chi connectivity index (χ1v) is 11.2. The van der Waals surface area contributed by atoms with Crippen molar-refractivity contribution in [2.45, 2.75) is 20.3 Å². The highest BCUT2D eigenvalue weighted by molar-refractivity contribution is 6.00. The van der Waals surface area contributed by atoms with Gasteiger partial charge in [0.1, 0.15) is 11.4 Å². The lowest BCUT2D eigenvalue weighted by Gasteiger charge is -2.08. The molecule has 0 aliphatic carbocycles. The summed E-state index contributed by atoms with van der Waals surface area (Å²) >= 11 is 0. The summed E-state index contributed by atoms with van der Waals surface area (Å²) in [4.78, 5) is 9.50. The standard InChI is InChI=1S/C28H28N4O/c1-21(2)18-19-33-25-15-12-22(13-16-25)20-29-32-28(30-24-9-4-3-5-10-24)27-17-14-23-8-6-7-11-26(23)31-27/h3-17,20-21H,18-19H2,1-2H3,(H,30,32). The van der Waals surface area contributed by atoms with Crippen LogP contribution in [0.2, 0.25) is 0 Å². The number of hydrogen-bond donors (Lipinski definition) is 1. The number of nitrogens with one attached hydrogen (secondary N) is 1. The smallest absolute Gasteiger partial charge is 0.173 e. The zero-order chi connectivity index (χ0) is 22.9. The Hall–Kier alpha value is -3.99. The molecule has 4 rings (SSSR count). The van der Waals surface area contributed by atoms with Gasteiger partial charge in [-0.05, 0) is 66.4 Å². The summed E-state index contributed by atoms with van der Waals surface area (Å²) in [7, 11) is 0. The van der Waals surface area contributed by atoms with Crippen molar-refractivity contribution in [3.8, 4) is 5.75 Å². The Morgan fingerprint density at radius 3 is 2.45 bits per heavy atom. The molecule has 0 saturated carbocycles. The fraction of sp³-hybridized carbons (Fsp3) is 0.179. The monoisotopic (exact) mass is 436 g/mol. The van der Waals surface area contributed by atoms with Gasteiger partial charge in [0, 0.05) is 5.39 Å². The van der Waals surface area contributed by atoms with E-state index in [-0.39, 0.29) is 0 Å². The fourth-order valence-corrected chi connectivity index (χ4v) is 3.20. The van der Waals surface area contributed by atoms with Gasteiger partial charge < -0.3 is 4.74 Å². The third kappa shape index (κ3) is 6.50. The summed E-state index contributed by atoms with van der Waals surface area (Å²) in [6, 6.07) is 29.7. The van der Waals surface area contributed by atoms with Crippen molar-refractivity contribution in [2.75, 3.05) is 6.61 Å². The van der Waals surface area contributed by atoms with Crippen molar-refractivity contribution in [1.29, 1.82) is 0 Å². The SMILES string of the molecule is CC(C)CCOc1ccc(C=NNC(=Nc2ccccc2)c2ccc3ccccc3n2)cc1. The molecule has 0 radical (unpaired) electrons. The number of amidine groups is 1. The van der Waals surface area contributed by atoms with Crippen LogP contribution in [0.15, 0.2) is 101 Å². The van der Waals surface area contributed by atoms with E-state index >= 15 is 0 Å². The molecule has 1 aromatic heterocycles. The molecule has 0 atom stereocenters. The molecule has 33 heavy (non-hydrogen) atoms. The zero-order valence-corrected chi connectivity index (χ0v) is 19.0. The number of hydrazone groups is 1. The van der Waals surface area contributed by atoms with Crippen LogP contribution in [-0.2, 0) is 0 Å². The summed E-state index contributed by atoms with van der Waals surface area (Å²) < 4.78 is 5.79. The van der Waals surface area contributed by atoms with Gasteiger partial charge in [-0.25, -0.2) is 9.98 Å². The fourth-order valence-electron chi connectivity index (χ4n) is 3.20. The van der Waals surface area contributed by atoms with Crippen molar-refractivity contribution in [2.24, 2.45) is 16.0 Å². The second-order valence-electron chi connectivity index (χ2n) is 8.16. The number of aromatic nitrogens is 1. The lowest BCUT2D eigenvalue weighted by Crippen LogP contribution is -2.20. The van der Waals surface area contributed by atoms with Crippen LogP contribution in [0.25, 0.3) is 10.9 Å². The van der Waals surface area contributed by atoms with E-state index in [1.165, 1.54) is 0 Å². The second kappa shape index (κ2) is 11.0. The van der Waals surface area contributed by atoms with E-state index in [9.17, 15) is 0 Å². The average molecular weight is 437 g/mol. The third-order valence-electron chi connectivity index (χ3n) is 5.07. The molecule has 0 bridgehead atoms. The molecule has 0 fully saturated rings. The predicted molar refractivity (Wildman–Crippen MR) is 137 cm³/mol. The molecule has 4 aromatic rings. The summed E-state index contributed by atoms with van der Waals surface area (Å²) in [5.74, 6) is 2.08. The summed E-state index contributed by atoms with van der Waals surface area (Å²) in [5.41, 5.74) is 6.51. The molecular weight excluding hydrogens is 408 g/mol. The molecule has 0 saturated heterocycles. The Labute approximate surface area is 194 Å². The van der Waals surface area contributed by atoms with Crippen LogP contribution in [0, 0.1) is 5.92 Å². The molecule has 0 amide bonds. The van der Waals surface area contributed by atoms with Gasteiger partial charge in [-0.2, -0.15) is 5.10 Å². The number of fused-ring (bicyclic) bond motifs is 1. The van der Waals surface area contributed by atoms with Gasteiger partial charge in [0.2, 0.25) is 0 Å². The Morgan fingerprint density at radius 1 is 0.909 bits per heavy atom. The number of nitrogens with zero attached hydrogens (tertiary/aromatic N) is 3. The van der Waals surface area contributed by atoms with Crippen LogP contribution >= 0.6 is 0 Å².